The molecule has 9 nitrogen and oxygen atoms in total. The van der Waals surface area contributed by atoms with Crippen LogP contribution in [0.25, 0.3) is 0 Å². The van der Waals surface area contributed by atoms with Gasteiger partial charge < -0.3 is 20.1 Å². The molecule has 0 spiro atoms. The van der Waals surface area contributed by atoms with Crippen LogP contribution in [-0.4, -0.2) is 43.7 Å². The Kier molecular flexibility index (Phi) is 7.66. The molecular weight excluding hydrogens is 424 g/mol. The predicted molar refractivity (Wildman–Crippen MR) is 125 cm³/mol. The van der Waals surface area contributed by atoms with Gasteiger partial charge in [0.25, 0.3) is 5.91 Å². The number of hydrazone groups is 1. The van der Waals surface area contributed by atoms with Crippen LogP contribution in [0.4, 0.5) is 5.69 Å². The van der Waals surface area contributed by atoms with Crippen molar-refractivity contribution in [2.75, 3.05) is 19.0 Å². The topological polar surface area (TPSA) is 118 Å². The molecule has 0 heterocycles. The highest BCUT2D eigenvalue weighted by molar-refractivity contribution is 6.35. The number of carbonyl (C=O) groups excluding carboxylic acids is 3. The van der Waals surface area contributed by atoms with Crippen molar-refractivity contribution in [1.82, 2.24) is 10.7 Å². The minimum Gasteiger partial charge on any atom is -0.493 e. The van der Waals surface area contributed by atoms with Gasteiger partial charge in [0.05, 0.1) is 13.3 Å². The molecule has 1 aliphatic rings. The number of nitrogens with zero attached hydrogens (tertiary/aromatic N) is 1. The monoisotopic (exact) mass is 452 g/mol. The van der Waals surface area contributed by atoms with Crippen LogP contribution < -0.4 is 25.5 Å². The number of nitrogens with one attached hydrogen (secondary N) is 3. The first-order valence-corrected chi connectivity index (χ1v) is 10.6. The minimum atomic E-state index is -0.824. The van der Waals surface area contributed by atoms with Gasteiger partial charge in [-0.25, -0.2) is 5.43 Å². The highest BCUT2D eigenvalue weighted by Crippen LogP contribution is 2.28. The summed E-state index contributed by atoms with van der Waals surface area (Å²) in [6.45, 7) is 5.71. The molecule has 9 heteroatoms. The van der Waals surface area contributed by atoms with E-state index in [0.29, 0.717) is 17.1 Å². The van der Waals surface area contributed by atoms with Crippen molar-refractivity contribution in [1.29, 1.82) is 0 Å². The van der Waals surface area contributed by atoms with Gasteiger partial charge in [0.2, 0.25) is 0 Å². The summed E-state index contributed by atoms with van der Waals surface area (Å²) >= 11 is 0. The van der Waals surface area contributed by atoms with Crippen LogP contribution in [0.2, 0.25) is 0 Å². The molecule has 174 valence electrons. The SMILES string of the molecule is COc1cc(/C=N\NC(=O)C(=O)NC2CC2)ccc1OCC(=O)Nc1c(C)cc(C)cc1C. The van der Waals surface area contributed by atoms with Crippen molar-refractivity contribution in [3.05, 3.63) is 52.6 Å². The molecule has 2 aromatic rings. The van der Waals surface area contributed by atoms with E-state index in [9.17, 15) is 14.4 Å². The van der Waals surface area contributed by atoms with Crippen LogP contribution in [0.1, 0.15) is 35.1 Å². The molecule has 3 N–H and O–H groups in total. The summed E-state index contributed by atoms with van der Waals surface area (Å²) in [4.78, 5) is 35.7. The van der Waals surface area contributed by atoms with Gasteiger partial charge in [0, 0.05) is 11.7 Å². The van der Waals surface area contributed by atoms with Crippen LogP contribution in [0.15, 0.2) is 35.4 Å². The van der Waals surface area contributed by atoms with Crippen LogP contribution in [-0.2, 0) is 14.4 Å². The van der Waals surface area contributed by atoms with Crippen molar-refractivity contribution in [2.45, 2.75) is 39.7 Å². The second-order valence-electron chi connectivity index (χ2n) is 7.97. The molecule has 1 aliphatic carbocycles. The average molecular weight is 453 g/mol. The standard InChI is InChI=1S/C24H28N4O5/c1-14-9-15(2)22(16(3)10-14)27-21(29)13-33-19-8-5-17(11-20(19)32-4)12-25-28-24(31)23(30)26-18-6-7-18/h5,8-12,18H,6-7,13H2,1-4H3,(H,26,30)(H,27,29)(H,28,31)/b25-12-. The van der Waals surface area contributed by atoms with Crippen LogP contribution >= 0.6 is 0 Å². The summed E-state index contributed by atoms with van der Waals surface area (Å²) in [5.74, 6) is -1.03. The van der Waals surface area contributed by atoms with E-state index in [4.69, 9.17) is 9.47 Å². The molecule has 0 aromatic heterocycles. The zero-order chi connectivity index (χ0) is 24.0. The summed E-state index contributed by atoms with van der Waals surface area (Å²) < 4.78 is 11.0. The normalized spacial score (nSPS) is 12.8. The van der Waals surface area contributed by atoms with Gasteiger partial charge in [-0.1, -0.05) is 17.7 Å². The molecule has 0 bridgehead atoms. The fourth-order valence-electron chi connectivity index (χ4n) is 3.27. The summed E-state index contributed by atoms with van der Waals surface area (Å²) in [7, 11) is 1.48. The van der Waals surface area contributed by atoms with Gasteiger partial charge in [-0.2, -0.15) is 5.10 Å². The minimum absolute atomic E-state index is 0.0936. The number of aryl methyl sites for hydroxylation is 3. The zero-order valence-electron chi connectivity index (χ0n) is 19.2. The molecule has 0 unspecified atom stereocenters. The summed E-state index contributed by atoms with van der Waals surface area (Å²) in [6.07, 6.45) is 3.16. The lowest BCUT2D eigenvalue weighted by atomic mass is 10.1. The number of benzene rings is 2. The molecule has 0 radical (unpaired) electrons. The van der Waals surface area contributed by atoms with E-state index in [1.165, 1.54) is 13.3 Å². The van der Waals surface area contributed by atoms with Crippen molar-refractivity contribution in [3.8, 4) is 11.5 Å². The Hall–Kier alpha value is -3.88. The third-order valence-electron chi connectivity index (χ3n) is 4.99. The largest absolute Gasteiger partial charge is 0.493 e. The number of anilines is 1. The number of methoxy groups -OCH3 is 1. The van der Waals surface area contributed by atoms with Crippen molar-refractivity contribution >= 4 is 29.6 Å². The quantitative estimate of drug-likeness (QED) is 0.323. The first-order chi connectivity index (χ1) is 15.8. The Balaban J connectivity index is 1.55. The Morgan fingerprint density at radius 2 is 1.73 bits per heavy atom. The lowest BCUT2D eigenvalue weighted by Crippen LogP contribution is -2.38. The molecule has 3 rings (SSSR count). The van der Waals surface area contributed by atoms with Gasteiger partial charge in [-0.3, -0.25) is 14.4 Å². The molecule has 2 aromatic carbocycles. The predicted octanol–water partition coefficient (Wildman–Crippen LogP) is 2.37. The third kappa shape index (κ3) is 6.80. The second kappa shape index (κ2) is 10.6. The van der Waals surface area contributed by atoms with Gasteiger partial charge in [-0.15, -0.1) is 0 Å². The highest BCUT2D eigenvalue weighted by atomic mass is 16.5. The van der Waals surface area contributed by atoms with Crippen molar-refractivity contribution < 1.29 is 23.9 Å². The Labute approximate surface area is 192 Å². The molecule has 0 atom stereocenters. The summed E-state index contributed by atoms with van der Waals surface area (Å²) in [6, 6.07) is 9.07. The first-order valence-electron chi connectivity index (χ1n) is 10.6. The van der Waals surface area contributed by atoms with Gasteiger partial charge in [0.15, 0.2) is 18.1 Å². The zero-order valence-corrected chi connectivity index (χ0v) is 19.2. The number of ether oxygens (including phenoxy) is 2. The molecule has 0 saturated heterocycles. The first kappa shape index (κ1) is 23.8. The number of carbonyl (C=O) groups is 3. The average Bonchev–Trinajstić information content (AvgIpc) is 3.59. The molecular formula is C24H28N4O5. The highest BCUT2D eigenvalue weighted by Gasteiger charge is 2.26. The summed E-state index contributed by atoms with van der Waals surface area (Å²) in [5, 5.41) is 9.26. The Morgan fingerprint density at radius 3 is 2.36 bits per heavy atom. The number of hydrogen-bond donors (Lipinski definition) is 3. The van der Waals surface area contributed by atoms with Gasteiger partial charge in [-0.05, 0) is 68.5 Å². The smallest absolute Gasteiger partial charge is 0.329 e. The van der Waals surface area contributed by atoms with Crippen LogP contribution in [0, 0.1) is 20.8 Å². The number of rotatable bonds is 8. The van der Waals surface area contributed by atoms with E-state index in [-0.39, 0.29) is 18.6 Å². The fourth-order valence-corrected chi connectivity index (χ4v) is 3.27. The van der Waals surface area contributed by atoms with E-state index in [0.717, 1.165) is 35.2 Å². The lowest BCUT2D eigenvalue weighted by molar-refractivity contribution is -0.139. The van der Waals surface area contributed by atoms with Crippen LogP contribution in [0.3, 0.4) is 0 Å². The Bertz CT molecular complexity index is 1070. The maximum absolute atomic E-state index is 12.4. The molecule has 0 aliphatic heterocycles. The van der Waals surface area contributed by atoms with E-state index in [1.807, 2.05) is 32.9 Å². The molecule has 1 fully saturated rings. The second-order valence-corrected chi connectivity index (χ2v) is 7.97. The van der Waals surface area contributed by atoms with E-state index in [1.54, 1.807) is 18.2 Å². The number of amides is 3. The van der Waals surface area contributed by atoms with Crippen molar-refractivity contribution in [3.63, 3.8) is 0 Å². The van der Waals surface area contributed by atoms with E-state index < -0.39 is 11.8 Å². The van der Waals surface area contributed by atoms with Crippen LogP contribution in [0.5, 0.6) is 11.5 Å². The Morgan fingerprint density at radius 1 is 1.03 bits per heavy atom. The number of hydrogen-bond acceptors (Lipinski definition) is 6. The lowest BCUT2D eigenvalue weighted by Gasteiger charge is -2.14. The van der Waals surface area contributed by atoms with Gasteiger partial charge in [0.1, 0.15) is 0 Å². The molecule has 3 amide bonds. The van der Waals surface area contributed by atoms with Gasteiger partial charge >= 0.3 is 11.8 Å². The van der Waals surface area contributed by atoms with E-state index >= 15 is 0 Å². The van der Waals surface area contributed by atoms with E-state index in [2.05, 4.69) is 21.2 Å². The van der Waals surface area contributed by atoms with Crippen molar-refractivity contribution in [2.24, 2.45) is 5.10 Å². The molecule has 33 heavy (non-hydrogen) atoms. The third-order valence-corrected chi connectivity index (χ3v) is 4.99. The maximum atomic E-state index is 12.4. The fraction of sp³-hybridized carbons (Fsp3) is 0.333. The summed E-state index contributed by atoms with van der Waals surface area (Å²) in [5.41, 5.74) is 6.68. The molecule has 1 saturated carbocycles. The maximum Gasteiger partial charge on any atom is 0.329 e.